The summed E-state index contributed by atoms with van der Waals surface area (Å²) in [6, 6.07) is 43.3. The van der Waals surface area contributed by atoms with Crippen molar-refractivity contribution in [1.29, 1.82) is 0 Å². The standard InChI is InChI=1S/C29H27N12.C29H24N12.2Zn/c2*1-17-11-12-21-22(15-17)35-25(34-21)37-27-39-28(18-7-6-13-30-16-18)29(41-27,23-10-4-5-14-31-23)40-26(38-28)36-24-32-19-8-2-3-9-20(19)33-24;;/h2-15,26,30,40H,16H2,1H3,(H2,32,33,36)(H3,34,35,37,39,41);2-16,25,35H,1H3,(H4-,32,33,36,37,38,39,40,41);;/q-1;-2;;+2/t26?,28-,29+;25?,28-,29+;;/m00../s1. The second kappa shape index (κ2) is 21.3. The van der Waals surface area contributed by atoms with Gasteiger partial charge in [0.15, 0.2) is 23.2 Å². The smallest absolute Gasteiger partial charge is 0.647 e. The number of guanidine groups is 3. The molecule has 4 aromatic carbocycles. The van der Waals surface area contributed by atoms with Crippen LogP contribution in [0.4, 0.5) is 29.2 Å². The van der Waals surface area contributed by atoms with Gasteiger partial charge in [-0.3, -0.25) is 30.6 Å². The topological polar surface area (TPSA) is 312 Å². The number of rotatable bonds is 9. The molecule has 0 radical (unpaired) electrons. The van der Waals surface area contributed by atoms with E-state index in [2.05, 4.69) is 105 Å². The van der Waals surface area contributed by atoms with Crippen LogP contribution in [0.3, 0.4) is 0 Å². The molecule has 6 aliphatic rings. The zero-order valence-electron chi connectivity index (χ0n) is 45.4. The maximum atomic E-state index is 5.28. The molecule has 408 valence electrons. The molecule has 6 aliphatic heterocycles. The molecule has 84 heavy (non-hydrogen) atoms. The van der Waals surface area contributed by atoms with Crippen molar-refractivity contribution >= 4 is 80.2 Å². The fourth-order valence-corrected chi connectivity index (χ4v) is 11.3. The number of fused-ring (bicyclic) bond motifs is 6. The zero-order valence-corrected chi connectivity index (χ0v) is 51.3. The summed E-state index contributed by atoms with van der Waals surface area (Å²) >= 11 is 0. The van der Waals surface area contributed by atoms with Crippen LogP contribution in [0.25, 0.3) is 49.1 Å². The van der Waals surface area contributed by atoms with E-state index in [1.807, 2.05) is 134 Å². The minimum absolute atomic E-state index is 0. The first-order chi connectivity index (χ1) is 40.2. The number of benzene rings is 4. The zero-order chi connectivity index (χ0) is 54.9. The predicted octanol–water partition coefficient (Wildman–Crippen LogP) is 7.96. The molecule has 26 heteroatoms. The summed E-state index contributed by atoms with van der Waals surface area (Å²) < 4.78 is 0. The molecule has 0 saturated carbocycles. The van der Waals surface area contributed by atoms with Crippen LogP contribution in [-0.2, 0) is 55.9 Å². The molecule has 0 bridgehead atoms. The molecule has 2 unspecified atom stereocenters. The van der Waals surface area contributed by atoms with Crippen molar-refractivity contribution in [2.75, 3.05) is 27.8 Å². The molecule has 1 saturated heterocycles. The Hall–Kier alpha value is -9.60. The van der Waals surface area contributed by atoms with Crippen LogP contribution in [0.1, 0.15) is 28.1 Å². The number of pyridine rings is 3. The predicted molar refractivity (Wildman–Crippen MR) is 317 cm³/mol. The van der Waals surface area contributed by atoms with Crippen LogP contribution in [0, 0.1) is 13.8 Å². The van der Waals surface area contributed by atoms with Gasteiger partial charge in [0, 0.05) is 80.0 Å². The first-order valence-electron chi connectivity index (χ1n) is 26.6. The molecule has 0 amide bonds. The normalized spacial score (nSPS) is 23.8. The molecular weight excluding hydrogens is 1160 g/mol. The van der Waals surface area contributed by atoms with Crippen LogP contribution >= 0.6 is 0 Å². The van der Waals surface area contributed by atoms with Crippen LogP contribution in [0.5, 0.6) is 0 Å². The van der Waals surface area contributed by atoms with Crippen molar-refractivity contribution in [1.82, 2.24) is 71.4 Å². The molecule has 12 heterocycles. The fourth-order valence-electron chi connectivity index (χ4n) is 11.3. The number of aliphatic imine (C=N–C) groups is 3. The summed E-state index contributed by atoms with van der Waals surface area (Å²) in [7, 11) is 0. The number of anilines is 4. The van der Waals surface area contributed by atoms with Gasteiger partial charge in [0.25, 0.3) is 0 Å². The Balaban J connectivity index is 0.000000153. The molecule has 0 spiro atoms. The van der Waals surface area contributed by atoms with Gasteiger partial charge in [0.05, 0.1) is 44.5 Å². The minimum atomic E-state index is -1.26. The average molecular weight is 1210 g/mol. The summed E-state index contributed by atoms with van der Waals surface area (Å²) in [5.41, 5.74) is 8.05. The molecular formula is C58H51N24Zn2-. The SMILES string of the molecule is Cc1ccc2c(c1)NC(NC1=N[C@]3(c4cccnc4)[N-]C(Nc4nc5ccccc5[nH]4)=N[C@]3(c3ccccn3)N1)[N-]2.Cc1ccc2nc(NC3=N[C@]4(C5=CC=CNC5)[N-]C(Nc5nc6ccccc6[nH]5)N[C@]4(c4ccccn4)N3)[nH]c2c1.[Zn+2].[Zn]. The van der Waals surface area contributed by atoms with Crippen molar-refractivity contribution in [3.63, 3.8) is 0 Å². The van der Waals surface area contributed by atoms with Gasteiger partial charge in [-0.1, -0.05) is 66.7 Å². The maximum Gasteiger partial charge on any atom is 2.00 e. The van der Waals surface area contributed by atoms with E-state index < -0.39 is 35.2 Å². The van der Waals surface area contributed by atoms with E-state index in [0.29, 0.717) is 48.0 Å². The van der Waals surface area contributed by atoms with Gasteiger partial charge >= 0.3 is 19.5 Å². The summed E-state index contributed by atoms with van der Waals surface area (Å²) in [5, 5.41) is 46.1. The van der Waals surface area contributed by atoms with Crippen LogP contribution < -0.4 is 47.9 Å². The Labute approximate surface area is 505 Å². The summed E-state index contributed by atoms with van der Waals surface area (Å²) in [6.45, 7) is 4.67. The van der Waals surface area contributed by atoms with Crippen LogP contribution in [0.2, 0.25) is 0 Å². The summed E-state index contributed by atoms with van der Waals surface area (Å²) in [4.78, 5) is 53.4. The number of nitrogens with one attached hydrogen (secondary N) is 12. The van der Waals surface area contributed by atoms with Crippen molar-refractivity contribution in [3.8, 4) is 0 Å². The molecule has 10 aromatic rings. The minimum Gasteiger partial charge on any atom is -0.647 e. The number of hydrogen-bond acceptors (Lipinski definition) is 18. The fraction of sp³-hybridized carbons (Fsp3) is 0.155. The average Bonchev–Trinajstić information content (AvgIpc) is 2.04. The Bertz CT molecular complexity index is 4190. The Morgan fingerprint density at radius 2 is 1.30 bits per heavy atom. The van der Waals surface area contributed by atoms with Gasteiger partial charge in [0.2, 0.25) is 11.9 Å². The number of H-pyrrole nitrogens is 3. The van der Waals surface area contributed by atoms with Crippen molar-refractivity contribution in [2.45, 2.75) is 49.1 Å². The van der Waals surface area contributed by atoms with Crippen LogP contribution in [0.15, 0.2) is 197 Å². The van der Waals surface area contributed by atoms with Crippen molar-refractivity contribution in [3.05, 3.63) is 226 Å². The maximum absolute atomic E-state index is 5.28. The van der Waals surface area contributed by atoms with Gasteiger partial charge in [-0.15, -0.1) is 5.69 Å². The van der Waals surface area contributed by atoms with Crippen LogP contribution in [-0.4, -0.2) is 87.5 Å². The molecule has 16 rings (SSSR count). The van der Waals surface area contributed by atoms with Crippen molar-refractivity contribution < 1.29 is 39.0 Å². The first-order valence-corrected chi connectivity index (χ1v) is 26.6. The largest absolute Gasteiger partial charge is 2.00 e. The van der Waals surface area contributed by atoms with Gasteiger partial charge in [-0.25, -0.2) is 19.9 Å². The van der Waals surface area contributed by atoms with E-state index in [1.54, 1.807) is 24.8 Å². The Kier molecular flexibility index (Phi) is 13.6. The van der Waals surface area contributed by atoms with Gasteiger partial charge < -0.3 is 73.1 Å². The number of imidazole rings is 3. The van der Waals surface area contributed by atoms with E-state index in [1.165, 1.54) is 0 Å². The second-order valence-corrected chi connectivity index (χ2v) is 20.3. The van der Waals surface area contributed by atoms with E-state index in [9.17, 15) is 0 Å². The second-order valence-electron chi connectivity index (χ2n) is 20.3. The van der Waals surface area contributed by atoms with Crippen molar-refractivity contribution in [2.24, 2.45) is 15.0 Å². The van der Waals surface area contributed by atoms with E-state index in [4.69, 9.17) is 50.9 Å². The molecule has 12 N–H and O–H groups in total. The van der Waals surface area contributed by atoms with Gasteiger partial charge in [-0.05, 0) is 122 Å². The number of aryl methyl sites for hydroxylation is 2. The number of para-hydroxylation sites is 4. The third-order valence-corrected chi connectivity index (χ3v) is 14.9. The Morgan fingerprint density at radius 1 is 0.607 bits per heavy atom. The molecule has 6 atom stereocenters. The number of allylic oxidation sites excluding steroid dienone is 2. The third kappa shape index (κ3) is 9.19. The quantitative estimate of drug-likeness (QED) is 0.0610. The molecule has 0 aliphatic carbocycles. The number of nitrogens with zero attached hydrogens (tertiary/aromatic N) is 12. The molecule has 6 aromatic heterocycles. The summed E-state index contributed by atoms with van der Waals surface area (Å²) in [5.74, 6) is 3.04. The van der Waals surface area contributed by atoms with E-state index >= 15 is 0 Å². The number of aromatic nitrogens is 9. The molecule has 1 fully saturated rings. The van der Waals surface area contributed by atoms with E-state index in [0.717, 1.165) is 72.4 Å². The number of dihydropyridines is 1. The molecule has 24 nitrogen and oxygen atoms in total. The van der Waals surface area contributed by atoms with Gasteiger partial charge in [-0.2, -0.15) is 0 Å². The first kappa shape index (κ1) is 53.7. The number of hydrogen-bond donors (Lipinski definition) is 12. The monoisotopic (exact) mass is 1210 g/mol. The van der Waals surface area contributed by atoms with Gasteiger partial charge in [0.1, 0.15) is 11.6 Å². The Morgan fingerprint density at radius 3 is 2.04 bits per heavy atom. The van der Waals surface area contributed by atoms with E-state index in [-0.39, 0.29) is 39.0 Å². The summed E-state index contributed by atoms with van der Waals surface area (Å²) in [6.07, 6.45) is 11.9. The number of aromatic amines is 3. The third-order valence-electron chi connectivity index (χ3n) is 14.9.